The molecule has 0 bridgehead atoms. The van der Waals surface area contributed by atoms with Crippen LogP contribution >= 0.6 is 0 Å². The minimum atomic E-state index is -0.399. The Morgan fingerprint density at radius 1 is 0.686 bits per heavy atom. The van der Waals surface area contributed by atoms with E-state index in [2.05, 4.69) is 69.2 Å². The van der Waals surface area contributed by atoms with Gasteiger partial charge in [-0.1, -0.05) is 41.5 Å². The molecule has 0 rings (SSSR count). The molecule has 0 aromatic rings. The van der Waals surface area contributed by atoms with E-state index in [0.717, 1.165) is 12.8 Å². The molecular formula is C29H58O6. The van der Waals surface area contributed by atoms with Crippen molar-refractivity contribution in [2.45, 2.75) is 133 Å². The second-order valence-electron chi connectivity index (χ2n) is 13.1. The predicted molar refractivity (Wildman–Crippen MR) is 144 cm³/mol. The van der Waals surface area contributed by atoms with Gasteiger partial charge in [-0.2, -0.15) is 0 Å². The monoisotopic (exact) mass is 502 g/mol. The number of esters is 1. The van der Waals surface area contributed by atoms with E-state index in [0.29, 0.717) is 26.4 Å². The highest BCUT2D eigenvalue weighted by Crippen LogP contribution is 2.40. The molecule has 0 N–H and O–H groups in total. The molecule has 1 atom stereocenters. The second-order valence-corrected chi connectivity index (χ2v) is 13.1. The molecule has 0 aromatic carbocycles. The molecule has 0 aliphatic carbocycles. The first-order valence-electron chi connectivity index (χ1n) is 13.4. The van der Waals surface area contributed by atoms with Crippen LogP contribution in [0.1, 0.15) is 110 Å². The van der Waals surface area contributed by atoms with E-state index in [9.17, 15) is 4.79 Å². The van der Waals surface area contributed by atoms with Gasteiger partial charge in [0.2, 0.25) is 0 Å². The Kier molecular flexibility index (Phi) is 13.5. The van der Waals surface area contributed by atoms with Gasteiger partial charge in [0.1, 0.15) is 6.61 Å². The van der Waals surface area contributed by atoms with E-state index in [1.165, 1.54) is 0 Å². The molecule has 6 heteroatoms. The summed E-state index contributed by atoms with van der Waals surface area (Å²) in [6, 6.07) is 0. The summed E-state index contributed by atoms with van der Waals surface area (Å²) in [7, 11) is 0. The maximum Gasteiger partial charge on any atom is 0.308 e. The Bertz CT molecular complexity index is 619. The van der Waals surface area contributed by atoms with E-state index in [-0.39, 0.29) is 46.6 Å². The van der Waals surface area contributed by atoms with Crippen LogP contribution < -0.4 is 0 Å². The van der Waals surface area contributed by atoms with Gasteiger partial charge in [-0.05, 0) is 68.2 Å². The molecule has 1 unspecified atom stereocenters. The van der Waals surface area contributed by atoms with Crippen molar-refractivity contribution in [2.75, 3.05) is 33.0 Å². The quantitative estimate of drug-likeness (QED) is 0.151. The van der Waals surface area contributed by atoms with Crippen LogP contribution in [-0.4, -0.2) is 61.9 Å². The van der Waals surface area contributed by atoms with E-state index in [4.69, 9.17) is 23.7 Å². The molecule has 0 aromatic heterocycles. The Labute approximate surface area is 217 Å². The third kappa shape index (κ3) is 11.9. The van der Waals surface area contributed by atoms with Crippen LogP contribution in [-0.2, 0) is 28.5 Å². The van der Waals surface area contributed by atoms with E-state index in [1.54, 1.807) is 0 Å². The van der Waals surface area contributed by atoms with Gasteiger partial charge in [-0.25, -0.2) is 0 Å². The van der Waals surface area contributed by atoms with Crippen molar-refractivity contribution >= 4 is 5.97 Å². The lowest BCUT2D eigenvalue weighted by molar-refractivity contribution is -0.186. The third-order valence-corrected chi connectivity index (χ3v) is 7.83. The third-order valence-electron chi connectivity index (χ3n) is 7.83. The van der Waals surface area contributed by atoms with Gasteiger partial charge in [0.25, 0.3) is 0 Å². The van der Waals surface area contributed by atoms with Crippen molar-refractivity contribution in [1.82, 2.24) is 0 Å². The first-order chi connectivity index (χ1) is 15.7. The molecule has 0 amide bonds. The van der Waals surface area contributed by atoms with Gasteiger partial charge in [0, 0.05) is 10.8 Å². The molecule has 0 fully saturated rings. The van der Waals surface area contributed by atoms with Crippen molar-refractivity contribution < 1.29 is 28.5 Å². The van der Waals surface area contributed by atoms with E-state index < -0.39 is 5.60 Å². The molecule has 6 nitrogen and oxygen atoms in total. The molecule has 0 saturated carbocycles. The SMILES string of the molecule is CCC(C)C(=O)OCCOC(C)(C)CCOC(C)(C)C(C)(C)COC(C)(C)C(C)(C)COC(C)C. The summed E-state index contributed by atoms with van der Waals surface area (Å²) < 4.78 is 30.0. The molecule has 0 aliphatic heterocycles. The molecule has 0 aliphatic rings. The fraction of sp³-hybridized carbons (Fsp3) is 0.966. The zero-order chi connectivity index (χ0) is 27.7. The topological polar surface area (TPSA) is 63.2 Å². The van der Waals surface area contributed by atoms with Crippen LogP contribution in [0.15, 0.2) is 0 Å². The van der Waals surface area contributed by atoms with E-state index >= 15 is 0 Å². The second kappa shape index (κ2) is 13.7. The lowest BCUT2D eigenvalue weighted by atomic mass is 9.75. The number of rotatable bonds is 18. The van der Waals surface area contributed by atoms with Gasteiger partial charge < -0.3 is 23.7 Å². The largest absolute Gasteiger partial charge is 0.463 e. The summed E-state index contributed by atoms with van der Waals surface area (Å²) in [5, 5.41) is 0. The summed E-state index contributed by atoms with van der Waals surface area (Å²) in [4.78, 5) is 11.8. The number of carbonyl (C=O) groups excluding carboxylic acids is 1. The fourth-order valence-corrected chi connectivity index (χ4v) is 2.87. The molecule has 0 spiro atoms. The Balaban J connectivity index is 4.70. The maximum atomic E-state index is 11.8. The molecule has 35 heavy (non-hydrogen) atoms. The summed E-state index contributed by atoms with van der Waals surface area (Å²) in [6.07, 6.45) is 1.71. The van der Waals surface area contributed by atoms with Gasteiger partial charge >= 0.3 is 5.97 Å². The first-order valence-corrected chi connectivity index (χ1v) is 13.4. The molecular weight excluding hydrogens is 444 g/mol. The fourth-order valence-electron chi connectivity index (χ4n) is 2.87. The molecule has 0 heterocycles. The number of hydrogen-bond donors (Lipinski definition) is 0. The first kappa shape index (κ1) is 34.3. The van der Waals surface area contributed by atoms with Crippen molar-refractivity contribution in [2.24, 2.45) is 16.7 Å². The van der Waals surface area contributed by atoms with E-state index in [1.807, 2.05) is 27.7 Å². The zero-order valence-electron chi connectivity index (χ0n) is 25.6. The van der Waals surface area contributed by atoms with Crippen molar-refractivity contribution in [1.29, 1.82) is 0 Å². The Hall–Kier alpha value is -0.690. The van der Waals surface area contributed by atoms with Gasteiger partial charge in [-0.15, -0.1) is 0 Å². The number of carbonyl (C=O) groups is 1. The Morgan fingerprint density at radius 2 is 1.20 bits per heavy atom. The average Bonchev–Trinajstić information content (AvgIpc) is 2.72. The van der Waals surface area contributed by atoms with Crippen LogP contribution in [0.2, 0.25) is 0 Å². The van der Waals surface area contributed by atoms with Crippen LogP contribution in [0.4, 0.5) is 0 Å². The van der Waals surface area contributed by atoms with Crippen LogP contribution in [0.25, 0.3) is 0 Å². The van der Waals surface area contributed by atoms with Crippen molar-refractivity contribution in [3.63, 3.8) is 0 Å². The minimum absolute atomic E-state index is 0.0732. The van der Waals surface area contributed by atoms with Crippen LogP contribution in [0, 0.1) is 16.7 Å². The number of hydrogen-bond acceptors (Lipinski definition) is 6. The van der Waals surface area contributed by atoms with Crippen LogP contribution in [0.3, 0.4) is 0 Å². The average molecular weight is 503 g/mol. The summed E-state index contributed by atoms with van der Waals surface area (Å²) in [5.41, 5.74) is -1.48. The highest BCUT2D eigenvalue weighted by Gasteiger charge is 2.44. The van der Waals surface area contributed by atoms with Crippen LogP contribution in [0.5, 0.6) is 0 Å². The highest BCUT2D eigenvalue weighted by molar-refractivity contribution is 5.71. The van der Waals surface area contributed by atoms with Crippen molar-refractivity contribution in [3.05, 3.63) is 0 Å². The zero-order valence-corrected chi connectivity index (χ0v) is 25.6. The summed E-state index contributed by atoms with van der Waals surface area (Å²) in [6.45, 7) is 31.8. The summed E-state index contributed by atoms with van der Waals surface area (Å²) >= 11 is 0. The minimum Gasteiger partial charge on any atom is -0.463 e. The highest BCUT2D eigenvalue weighted by atomic mass is 16.6. The molecule has 0 saturated heterocycles. The normalized spacial score (nSPS) is 14.9. The van der Waals surface area contributed by atoms with Gasteiger partial charge in [0.05, 0.1) is 55.3 Å². The number of ether oxygens (including phenoxy) is 5. The smallest absolute Gasteiger partial charge is 0.308 e. The molecule has 0 radical (unpaired) electrons. The lowest BCUT2D eigenvalue weighted by Gasteiger charge is -2.47. The van der Waals surface area contributed by atoms with Gasteiger partial charge in [-0.3, -0.25) is 4.79 Å². The van der Waals surface area contributed by atoms with Gasteiger partial charge in [0.15, 0.2) is 0 Å². The Morgan fingerprint density at radius 3 is 1.71 bits per heavy atom. The standard InChI is InChI=1S/C29H58O6/c1-15-23(4)24(30)31-18-19-33-27(9,10)16-17-34-28(11,12)26(7,8)21-35-29(13,14)25(5,6)20-32-22(2)3/h22-23H,15-21H2,1-14H3. The lowest BCUT2D eigenvalue weighted by Crippen LogP contribution is -2.51. The van der Waals surface area contributed by atoms with Crippen molar-refractivity contribution in [3.8, 4) is 0 Å². The maximum absolute atomic E-state index is 11.8. The summed E-state index contributed by atoms with van der Waals surface area (Å²) in [5.74, 6) is -0.238. The predicted octanol–water partition coefficient (Wildman–Crippen LogP) is 6.83. The molecule has 210 valence electrons.